The zero-order chi connectivity index (χ0) is 17.8. The van der Waals surface area contributed by atoms with Crippen molar-refractivity contribution in [3.05, 3.63) is 63.0 Å². The van der Waals surface area contributed by atoms with E-state index in [1.807, 2.05) is 11.0 Å². The van der Waals surface area contributed by atoms with E-state index in [2.05, 4.69) is 30.0 Å². The smallest absolute Gasteiger partial charge is 0.324 e. The first-order valence-electron chi connectivity index (χ1n) is 8.06. The predicted octanol–water partition coefficient (Wildman–Crippen LogP) is 3.33. The summed E-state index contributed by atoms with van der Waals surface area (Å²) in [5, 5.41) is 10.8. The lowest BCUT2D eigenvalue weighted by atomic mass is 10.2. The highest BCUT2D eigenvalue weighted by Crippen LogP contribution is 2.25. The molecule has 0 aliphatic carbocycles. The molecule has 7 heteroatoms. The Morgan fingerprint density at radius 2 is 1.96 bits per heavy atom. The van der Waals surface area contributed by atoms with Crippen LogP contribution >= 0.6 is 11.3 Å². The Labute approximate surface area is 150 Å². The van der Waals surface area contributed by atoms with E-state index < -0.39 is 4.92 Å². The van der Waals surface area contributed by atoms with Gasteiger partial charge < -0.3 is 9.80 Å². The lowest BCUT2D eigenvalue weighted by Crippen LogP contribution is -2.48. The maximum absolute atomic E-state index is 12.3. The number of thiophene rings is 1. The second-order valence-corrected chi connectivity index (χ2v) is 7.01. The van der Waals surface area contributed by atoms with Gasteiger partial charge in [-0.25, -0.2) is 0 Å². The number of piperazine rings is 1. The standard InChI is InChI=1S/C18H19N3O3S/c1-14-3-2-4-15(13-14)19-9-11-20(12-10-19)17(22)7-5-16-6-8-18(25-16)21(23)24/h2-8,13H,9-12H2,1H3/b7-5+. The lowest BCUT2D eigenvalue weighted by molar-refractivity contribution is -0.380. The van der Waals surface area contributed by atoms with E-state index in [1.165, 1.54) is 23.4 Å². The quantitative estimate of drug-likeness (QED) is 0.478. The van der Waals surface area contributed by atoms with Gasteiger partial charge in [0.05, 0.1) is 4.92 Å². The monoisotopic (exact) mass is 357 g/mol. The number of anilines is 1. The maximum atomic E-state index is 12.3. The van der Waals surface area contributed by atoms with Crippen LogP contribution in [0.1, 0.15) is 10.4 Å². The minimum absolute atomic E-state index is 0.0556. The molecule has 130 valence electrons. The van der Waals surface area contributed by atoms with Crippen molar-refractivity contribution in [1.82, 2.24) is 4.90 Å². The fourth-order valence-corrected chi connectivity index (χ4v) is 3.52. The number of amides is 1. The van der Waals surface area contributed by atoms with E-state index in [-0.39, 0.29) is 10.9 Å². The largest absolute Gasteiger partial charge is 0.368 e. The van der Waals surface area contributed by atoms with Gasteiger partial charge in [0.15, 0.2) is 0 Å². The fraction of sp³-hybridized carbons (Fsp3) is 0.278. The molecule has 1 amide bonds. The minimum Gasteiger partial charge on any atom is -0.368 e. The van der Waals surface area contributed by atoms with Crippen molar-refractivity contribution in [2.45, 2.75) is 6.92 Å². The average Bonchev–Trinajstić information content (AvgIpc) is 3.09. The topological polar surface area (TPSA) is 66.7 Å². The molecule has 1 fully saturated rings. The molecule has 0 atom stereocenters. The Morgan fingerprint density at radius 3 is 2.60 bits per heavy atom. The van der Waals surface area contributed by atoms with Gasteiger partial charge in [0.25, 0.3) is 0 Å². The first kappa shape index (κ1) is 17.2. The van der Waals surface area contributed by atoms with Crippen LogP contribution in [0, 0.1) is 17.0 Å². The molecule has 25 heavy (non-hydrogen) atoms. The minimum atomic E-state index is -0.422. The summed E-state index contributed by atoms with van der Waals surface area (Å²) in [5.41, 5.74) is 2.41. The molecule has 0 unspecified atom stereocenters. The van der Waals surface area contributed by atoms with E-state index in [1.54, 1.807) is 12.1 Å². The summed E-state index contributed by atoms with van der Waals surface area (Å²) in [4.78, 5) is 27.4. The molecular formula is C18H19N3O3S. The number of benzene rings is 1. The first-order valence-corrected chi connectivity index (χ1v) is 8.87. The van der Waals surface area contributed by atoms with Crippen molar-refractivity contribution < 1.29 is 9.72 Å². The summed E-state index contributed by atoms with van der Waals surface area (Å²) in [6.07, 6.45) is 3.14. The second-order valence-electron chi connectivity index (χ2n) is 5.92. The van der Waals surface area contributed by atoms with Crippen LogP contribution in [0.2, 0.25) is 0 Å². The molecule has 1 aliphatic rings. The summed E-state index contributed by atoms with van der Waals surface area (Å²) >= 11 is 1.06. The summed E-state index contributed by atoms with van der Waals surface area (Å²) in [6, 6.07) is 11.5. The highest BCUT2D eigenvalue weighted by atomic mass is 32.1. The zero-order valence-corrected chi connectivity index (χ0v) is 14.7. The van der Waals surface area contributed by atoms with Crippen molar-refractivity contribution in [2.24, 2.45) is 0 Å². The lowest BCUT2D eigenvalue weighted by Gasteiger charge is -2.35. The van der Waals surface area contributed by atoms with E-state index in [9.17, 15) is 14.9 Å². The number of hydrogen-bond acceptors (Lipinski definition) is 5. The molecule has 0 N–H and O–H groups in total. The third kappa shape index (κ3) is 4.24. The van der Waals surface area contributed by atoms with Crippen LogP contribution in [0.25, 0.3) is 6.08 Å². The maximum Gasteiger partial charge on any atom is 0.324 e. The average molecular weight is 357 g/mol. The Kier molecular flexibility index (Phi) is 5.14. The van der Waals surface area contributed by atoms with Crippen molar-refractivity contribution in [3.63, 3.8) is 0 Å². The molecule has 6 nitrogen and oxygen atoms in total. The van der Waals surface area contributed by atoms with Gasteiger partial charge in [-0.05, 0) is 36.8 Å². The van der Waals surface area contributed by atoms with Crippen LogP contribution in [0.4, 0.5) is 10.7 Å². The normalized spacial score (nSPS) is 14.9. The third-order valence-corrected chi connectivity index (χ3v) is 5.14. The van der Waals surface area contributed by atoms with Crippen LogP contribution in [0.3, 0.4) is 0 Å². The highest BCUT2D eigenvalue weighted by molar-refractivity contribution is 7.16. The molecule has 2 heterocycles. The first-order chi connectivity index (χ1) is 12.0. The highest BCUT2D eigenvalue weighted by Gasteiger charge is 2.20. The van der Waals surface area contributed by atoms with E-state index in [0.717, 1.165) is 24.4 Å². The fourth-order valence-electron chi connectivity index (χ4n) is 2.80. The molecular weight excluding hydrogens is 338 g/mol. The van der Waals surface area contributed by atoms with Crippen LogP contribution in [-0.4, -0.2) is 41.9 Å². The van der Waals surface area contributed by atoms with E-state index in [4.69, 9.17) is 0 Å². The summed E-state index contributed by atoms with van der Waals surface area (Å²) < 4.78 is 0. The number of rotatable bonds is 4. The molecule has 1 saturated heterocycles. The van der Waals surface area contributed by atoms with Gasteiger partial charge >= 0.3 is 5.00 Å². The number of hydrogen-bond donors (Lipinski definition) is 0. The molecule has 2 aromatic rings. The van der Waals surface area contributed by atoms with Gasteiger partial charge in [-0.1, -0.05) is 23.5 Å². The molecule has 3 rings (SSSR count). The molecule has 1 aromatic heterocycles. The summed E-state index contributed by atoms with van der Waals surface area (Å²) in [7, 11) is 0. The number of aryl methyl sites for hydroxylation is 1. The second kappa shape index (κ2) is 7.48. The SMILES string of the molecule is Cc1cccc(N2CCN(C(=O)/C=C/c3ccc([N+](=O)[O-])s3)CC2)c1. The van der Waals surface area contributed by atoms with Crippen molar-refractivity contribution in [3.8, 4) is 0 Å². The van der Waals surface area contributed by atoms with Crippen LogP contribution in [-0.2, 0) is 4.79 Å². The summed E-state index contributed by atoms with van der Waals surface area (Å²) in [6.45, 7) is 5.01. The van der Waals surface area contributed by atoms with Crippen LogP contribution in [0.5, 0.6) is 0 Å². The molecule has 0 radical (unpaired) electrons. The summed E-state index contributed by atoms with van der Waals surface area (Å²) in [5.74, 6) is -0.0556. The molecule has 0 bridgehead atoms. The Hall–Kier alpha value is -2.67. The number of nitro groups is 1. The third-order valence-electron chi connectivity index (χ3n) is 4.14. The Balaban J connectivity index is 1.56. The van der Waals surface area contributed by atoms with Gasteiger partial charge in [0.2, 0.25) is 5.91 Å². The number of carbonyl (C=O) groups is 1. The molecule has 1 aromatic carbocycles. The van der Waals surface area contributed by atoms with Gasteiger partial charge in [0, 0.05) is 48.9 Å². The van der Waals surface area contributed by atoms with Gasteiger partial charge in [-0.2, -0.15) is 0 Å². The van der Waals surface area contributed by atoms with Crippen LogP contribution in [0.15, 0.2) is 42.5 Å². The Bertz CT molecular complexity index is 807. The number of nitrogens with zero attached hydrogens (tertiary/aromatic N) is 3. The van der Waals surface area contributed by atoms with E-state index >= 15 is 0 Å². The van der Waals surface area contributed by atoms with Crippen molar-refractivity contribution >= 4 is 34.0 Å². The van der Waals surface area contributed by atoms with Gasteiger partial charge in [-0.15, -0.1) is 0 Å². The van der Waals surface area contributed by atoms with E-state index in [0.29, 0.717) is 18.0 Å². The van der Waals surface area contributed by atoms with Gasteiger partial charge in [0.1, 0.15) is 0 Å². The molecule has 0 saturated carbocycles. The van der Waals surface area contributed by atoms with Crippen molar-refractivity contribution in [1.29, 1.82) is 0 Å². The molecule has 0 spiro atoms. The zero-order valence-electron chi connectivity index (χ0n) is 13.9. The Morgan fingerprint density at radius 1 is 1.20 bits per heavy atom. The van der Waals surface area contributed by atoms with Gasteiger partial charge in [-0.3, -0.25) is 14.9 Å². The predicted molar refractivity (Wildman–Crippen MR) is 100.0 cm³/mol. The molecule has 1 aliphatic heterocycles. The van der Waals surface area contributed by atoms with Crippen molar-refractivity contribution in [2.75, 3.05) is 31.1 Å². The number of carbonyl (C=O) groups excluding carboxylic acids is 1. The van der Waals surface area contributed by atoms with Crippen LogP contribution < -0.4 is 4.90 Å².